The molecule has 1 aliphatic heterocycles. The van der Waals surface area contributed by atoms with Gasteiger partial charge in [0.25, 0.3) is 5.69 Å². The van der Waals surface area contributed by atoms with Crippen molar-refractivity contribution in [1.82, 2.24) is 9.47 Å². The number of carboxylic acids is 1. The van der Waals surface area contributed by atoms with Crippen molar-refractivity contribution < 1.29 is 24.0 Å². The molecule has 2 aromatic rings. The van der Waals surface area contributed by atoms with Gasteiger partial charge in [-0.15, -0.1) is 0 Å². The number of piperidine rings is 1. The summed E-state index contributed by atoms with van der Waals surface area (Å²) >= 11 is 0. The number of non-ortho nitro benzene ring substituents is 1. The Balaban J connectivity index is 1.62. The molecule has 10 nitrogen and oxygen atoms in total. The van der Waals surface area contributed by atoms with Crippen LogP contribution in [0.4, 0.5) is 5.69 Å². The van der Waals surface area contributed by atoms with E-state index in [0.717, 1.165) is 0 Å². The SMILES string of the molecule is O=C(O)C1CCCN(C(=O)CCCn2c(=O)oc3cc([N+](=O)[O-])ccc32)C1. The van der Waals surface area contributed by atoms with Crippen LogP contribution in [0, 0.1) is 16.0 Å². The van der Waals surface area contributed by atoms with Gasteiger partial charge in [-0.25, -0.2) is 4.79 Å². The molecule has 1 atom stereocenters. The van der Waals surface area contributed by atoms with Crippen LogP contribution < -0.4 is 5.76 Å². The van der Waals surface area contributed by atoms with E-state index < -0.39 is 22.6 Å². The summed E-state index contributed by atoms with van der Waals surface area (Å²) in [4.78, 5) is 47.2. The van der Waals surface area contributed by atoms with E-state index in [1.807, 2.05) is 0 Å². The predicted molar refractivity (Wildman–Crippen MR) is 93.3 cm³/mol. The molecule has 0 spiro atoms. The first-order chi connectivity index (χ1) is 12.9. The van der Waals surface area contributed by atoms with Crippen molar-refractivity contribution in [2.75, 3.05) is 13.1 Å². The third-order valence-corrected chi connectivity index (χ3v) is 4.76. The molecule has 1 saturated heterocycles. The molecular formula is C17H19N3O7. The van der Waals surface area contributed by atoms with E-state index in [2.05, 4.69) is 0 Å². The number of fused-ring (bicyclic) bond motifs is 1. The number of carbonyl (C=O) groups excluding carboxylic acids is 1. The lowest BCUT2D eigenvalue weighted by molar-refractivity contribution is -0.384. The molecule has 1 aromatic carbocycles. The van der Waals surface area contributed by atoms with Crippen molar-refractivity contribution in [1.29, 1.82) is 0 Å². The zero-order valence-corrected chi connectivity index (χ0v) is 14.5. The summed E-state index contributed by atoms with van der Waals surface area (Å²) in [6.07, 6.45) is 1.78. The summed E-state index contributed by atoms with van der Waals surface area (Å²) in [6.45, 7) is 0.985. The molecule has 10 heteroatoms. The number of amides is 1. The highest BCUT2D eigenvalue weighted by molar-refractivity contribution is 5.78. The van der Waals surface area contributed by atoms with E-state index in [-0.39, 0.29) is 36.7 Å². The summed E-state index contributed by atoms with van der Waals surface area (Å²) in [7, 11) is 0. The summed E-state index contributed by atoms with van der Waals surface area (Å²) < 4.78 is 6.38. The zero-order chi connectivity index (χ0) is 19.6. The first kappa shape index (κ1) is 18.6. The largest absolute Gasteiger partial charge is 0.481 e. The van der Waals surface area contributed by atoms with Gasteiger partial charge in [0.1, 0.15) is 0 Å². The number of carbonyl (C=O) groups is 2. The van der Waals surface area contributed by atoms with Gasteiger partial charge in [0, 0.05) is 32.1 Å². The number of hydrogen-bond donors (Lipinski definition) is 1. The third kappa shape index (κ3) is 3.99. The number of likely N-dealkylation sites (tertiary alicyclic amines) is 1. The lowest BCUT2D eigenvalue weighted by atomic mass is 9.98. The van der Waals surface area contributed by atoms with Crippen LogP contribution in [0.25, 0.3) is 11.1 Å². The number of rotatable bonds is 6. The Morgan fingerprint density at radius 3 is 2.85 bits per heavy atom. The van der Waals surface area contributed by atoms with Gasteiger partial charge in [-0.05, 0) is 25.3 Å². The molecule has 1 aliphatic rings. The van der Waals surface area contributed by atoms with Crippen LogP contribution in [0.1, 0.15) is 25.7 Å². The van der Waals surface area contributed by atoms with Gasteiger partial charge in [-0.3, -0.25) is 24.3 Å². The molecule has 1 amide bonds. The van der Waals surface area contributed by atoms with Crippen LogP contribution in [-0.4, -0.2) is 44.5 Å². The van der Waals surface area contributed by atoms with Crippen molar-refractivity contribution in [2.24, 2.45) is 5.92 Å². The Bertz CT molecular complexity index is 946. The number of benzene rings is 1. The quantitative estimate of drug-likeness (QED) is 0.596. The monoisotopic (exact) mass is 377 g/mol. The molecule has 1 aromatic heterocycles. The summed E-state index contributed by atoms with van der Waals surface area (Å²) in [5.74, 6) is -2.20. The highest BCUT2D eigenvalue weighted by Crippen LogP contribution is 2.21. The normalized spacial score (nSPS) is 17.2. The smallest absolute Gasteiger partial charge is 0.419 e. The minimum absolute atomic E-state index is 0.126. The molecule has 27 heavy (non-hydrogen) atoms. The molecule has 0 aliphatic carbocycles. The van der Waals surface area contributed by atoms with Crippen molar-refractivity contribution in [3.8, 4) is 0 Å². The van der Waals surface area contributed by atoms with Crippen molar-refractivity contribution in [3.63, 3.8) is 0 Å². The molecular weight excluding hydrogens is 358 g/mol. The van der Waals surface area contributed by atoms with Gasteiger partial charge in [-0.1, -0.05) is 0 Å². The molecule has 0 saturated carbocycles. The van der Waals surface area contributed by atoms with Gasteiger partial charge >= 0.3 is 11.7 Å². The molecule has 1 fully saturated rings. The standard InChI is InChI=1S/C17H19N3O7/c21-15(18-7-1-3-11(10-18)16(22)23)4-2-8-19-13-6-5-12(20(25)26)9-14(13)27-17(19)24/h5-6,9,11H,1-4,7-8,10H2,(H,22,23). The molecule has 1 N–H and O–H groups in total. The maximum atomic E-state index is 12.3. The first-order valence-corrected chi connectivity index (χ1v) is 8.65. The van der Waals surface area contributed by atoms with E-state index in [1.54, 1.807) is 4.90 Å². The van der Waals surface area contributed by atoms with Gasteiger partial charge in [0.2, 0.25) is 5.91 Å². The second-order valence-electron chi connectivity index (χ2n) is 6.55. The second-order valence-corrected chi connectivity index (χ2v) is 6.55. The Morgan fingerprint density at radius 2 is 2.15 bits per heavy atom. The molecule has 144 valence electrons. The van der Waals surface area contributed by atoms with E-state index in [4.69, 9.17) is 9.52 Å². The lowest BCUT2D eigenvalue weighted by Gasteiger charge is -2.30. The lowest BCUT2D eigenvalue weighted by Crippen LogP contribution is -2.42. The van der Waals surface area contributed by atoms with Crippen LogP contribution in [0.5, 0.6) is 0 Å². The van der Waals surface area contributed by atoms with Crippen molar-refractivity contribution in [3.05, 3.63) is 38.9 Å². The number of oxazole rings is 1. The number of aryl methyl sites for hydroxylation is 1. The van der Waals surface area contributed by atoms with Crippen LogP contribution >= 0.6 is 0 Å². The zero-order valence-electron chi connectivity index (χ0n) is 14.5. The molecule has 2 heterocycles. The van der Waals surface area contributed by atoms with E-state index in [0.29, 0.717) is 31.3 Å². The summed E-state index contributed by atoms with van der Waals surface area (Å²) in [5.41, 5.74) is 0.388. The predicted octanol–water partition coefficient (Wildman–Crippen LogP) is 1.61. The fourth-order valence-electron chi connectivity index (χ4n) is 3.33. The average molecular weight is 377 g/mol. The van der Waals surface area contributed by atoms with Gasteiger partial charge in [0.05, 0.1) is 22.4 Å². The van der Waals surface area contributed by atoms with E-state index in [9.17, 15) is 24.5 Å². The Hall–Kier alpha value is -3.17. The summed E-state index contributed by atoms with van der Waals surface area (Å²) in [6, 6.07) is 3.93. The molecule has 0 bridgehead atoms. The average Bonchev–Trinajstić information content (AvgIpc) is 2.96. The molecule has 0 radical (unpaired) electrons. The minimum Gasteiger partial charge on any atom is -0.481 e. The topological polar surface area (TPSA) is 136 Å². The van der Waals surface area contributed by atoms with Crippen LogP contribution in [0.2, 0.25) is 0 Å². The first-order valence-electron chi connectivity index (χ1n) is 8.65. The number of aliphatic carboxylic acids is 1. The maximum Gasteiger partial charge on any atom is 0.419 e. The summed E-state index contributed by atoms with van der Waals surface area (Å²) in [5, 5.41) is 19.9. The van der Waals surface area contributed by atoms with Crippen molar-refractivity contribution in [2.45, 2.75) is 32.2 Å². The molecule has 3 rings (SSSR count). The van der Waals surface area contributed by atoms with Crippen LogP contribution in [0.3, 0.4) is 0 Å². The number of nitro benzene ring substituents is 1. The van der Waals surface area contributed by atoms with Gasteiger partial charge < -0.3 is 14.4 Å². The number of nitrogens with zero attached hydrogens (tertiary/aromatic N) is 3. The number of carboxylic acid groups (broad SMARTS) is 1. The highest BCUT2D eigenvalue weighted by atomic mass is 16.6. The van der Waals surface area contributed by atoms with Crippen molar-refractivity contribution >= 4 is 28.7 Å². The fourth-order valence-corrected chi connectivity index (χ4v) is 3.33. The highest BCUT2D eigenvalue weighted by Gasteiger charge is 2.27. The Morgan fingerprint density at radius 1 is 1.37 bits per heavy atom. The van der Waals surface area contributed by atoms with Gasteiger partial charge in [-0.2, -0.15) is 0 Å². The minimum atomic E-state index is -0.891. The number of nitro groups is 1. The van der Waals surface area contributed by atoms with E-state index in [1.165, 1.54) is 22.8 Å². The fraction of sp³-hybridized carbons (Fsp3) is 0.471. The van der Waals surface area contributed by atoms with Gasteiger partial charge in [0.15, 0.2) is 5.58 Å². The third-order valence-electron chi connectivity index (χ3n) is 4.76. The van der Waals surface area contributed by atoms with Crippen LogP contribution in [-0.2, 0) is 16.1 Å². The molecule has 1 unspecified atom stereocenters. The van der Waals surface area contributed by atoms with E-state index >= 15 is 0 Å². The second kappa shape index (κ2) is 7.60. The van der Waals surface area contributed by atoms with Crippen LogP contribution in [0.15, 0.2) is 27.4 Å². The Kier molecular flexibility index (Phi) is 5.24. The Labute approximate surface area is 153 Å². The number of hydrogen-bond acceptors (Lipinski definition) is 6. The number of aromatic nitrogens is 1. The maximum absolute atomic E-state index is 12.3.